The number of carboxylic acid groups (broad SMARTS) is 1. The zero-order chi connectivity index (χ0) is 33.1. The lowest BCUT2D eigenvalue weighted by Gasteiger charge is -2.15. The zero-order valence-corrected chi connectivity index (χ0v) is 25.6. The molecule has 250 valence electrons. The van der Waals surface area contributed by atoms with E-state index in [0.717, 1.165) is 0 Å². The van der Waals surface area contributed by atoms with Crippen molar-refractivity contribution in [3.8, 4) is 0 Å². The standard InChI is InChI=1S/C29H40N8O9/c1-2-43-11-12-45-15-16-46-14-13-44-10-9-31-23(38)8-7-22(28(41)42)35-26(39)19-3-5-20(6-4-19)32-17-21-18-33-25-24(34-21)27(40)37-29(30)36-25/h3-6,18,22,32H,2,7-17H2,1H3,(H,31,38)(H,35,39)(H,41,42)(H3,30,33,36,37,40). The van der Waals surface area contributed by atoms with Crippen molar-refractivity contribution >= 4 is 40.6 Å². The zero-order valence-electron chi connectivity index (χ0n) is 25.6. The van der Waals surface area contributed by atoms with Gasteiger partial charge >= 0.3 is 5.97 Å². The summed E-state index contributed by atoms with van der Waals surface area (Å²) in [4.78, 5) is 63.3. The normalized spacial score (nSPS) is 11.7. The first-order chi connectivity index (χ1) is 22.3. The van der Waals surface area contributed by atoms with Gasteiger partial charge in [-0.25, -0.2) is 14.8 Å². The highest BCUT2D eigenvalue weighted by molar-refractivity contribution is 5.97. The molecule has 0 aliphatic heterocycles. The highest BCUT2D eigenvalue weighted by Gasteiger charge is 2.21. The maximum absolute atomic E-state index is 12.7. The van der Waals surface area contributed by atoms with Crippen molar-refractivity contribution in [2.24, 2.45) is 0 Å². The van der Waals surface area contributed by atoms with Gasteiger partial charge in [-0.3, -0.25) is 19.4 Å². The number of benzene rings is 1. The molecule has 2 heterocycles. The molecule has 3 rings (SSSR count). The fourth-order valence-corrected chi connectivity index (χ4v) is 3.92. The van der Waals surface area contributed by atoms with E-state index in [4.69, 9.17) is 24.7 Å². The third kappa shape index (κ3) is 12.7. The predicted octanol–water partition coefficient (Wildman–Crippen LogP) is 0.0731. The van der Waals surface area contributed by atoms with Crippen LogP contribution in [0.2, 0.25) is 0 Å². The summed E-state index contributed by atoms with van der Waals surface area (Å²) in [5.74, 6) is -2.26. The molecule has 2 aromatic heterocycles. The molecular formula is C29H40N8O9. The van der Waals surface area contributed by atoms with E-state index in [1.165, 1.54) is 18.3 Å². The van der Waals surface area contributed by atoms with Crippen LogP contribution in [0.5, 0.6) is 0 Å². The highest BCUT2D eigenvalue weighted by atomic mass is 16.6. The number of carbonyl (C=O) groups is 3. The minimum absolute atomic E-state index is 0.0516. The average Bonchev–Trinajstić information content (AvgIpc) is 3.04. The molecule has 1 aromatic carbocycles. The van der Waals surface area contributed by atoms with Crippen LogP contribution in [-0.4, -0.2) is 108 Å². The Morgan fingerprint density at radius 2 is 1.61 bits per heavy atom. The van der Waals surface area contributed by atoms with E-state index in [1.54, 1.807) is 12.1 Å². The molecular weight excluding hydrogens is 604 g/mol. The van der Waals surface area contributed by atoms with Gasteiger partial charge in [0.2, 0.25) is 11.9 Å². The van der Waals surface area contributed by atoms with Gasteiger partial charge in [0.15, 0.2) is 11.2 Å². The number of hydrogen-bond donors (Lipinski definition) is 6. The van der Waals surface area contributed by atoms with Crippen LogP contribution >= 0.6 is 0 Å². The first kappa shape index (κ1) is 35.8. The SMILES string of the molecule is CCOCCOCCOCCOCCNC(=O)CCC(NC(=O)c1ccc(NCc2cnc3nc(N)[nH]c(=O)c3n2)cc1)C(=O)O. The molecule has 0 saturated carbocycles. The van der Waals surface area contributed by atoms with Crippen molar-refractivity contribution in [2.75, 3.05) is 70.5 Å². The number of aliphatic carboxylic acids is 1. The number of nitrogen functional groups attached to an aromatic ring is 1. The summed E-state index contributed by atoms with van der Waals surface area (Å²) in [5, 5.41) is 17.8. The number of H-pyrrole nitrogens is 1. The number of ether oxygens (including phenoxy) is 4. The number of aromatic nitrogens is 4. The Morgan fingerprint density at radius 1 is 0.957 bits per heavy atom. The van der Waals surface area contributed by atoms with E-state index in [9.17, 15) is 24.3 Å². The maximum atomic E-state index is 12.7. The Balaban J connectivity index is 1.31. The Kier molecular flexibility index (Phi) is 15.3. The topological polar surface area (TPSA) is 242 Å². The largest absolute Gasteiger partial charge is 0.480 e. The monoisotopic (exact) mass is 644 g/mol. The lowest BCUT2D eigenvalue weighted by molar-refractivity contribution is -0.139. The van der Waals surface area contributed by atoms with E-state index in [1.807, 2.05) is 6.92 Å². The molecule has 0 radical (unpaired) electrons. The fraction of sp³-hybridized carbons (Fsp3) is 0.483. The summed E-state index contributed by atoms with van der Waals surface area (Å²) in [6, 6.07) is 5.06. The maximum Gasteiger partial charge on any atom is 0.326 e. The lowest BCUT2D eigenvalue weighted by atomic mass is 10.1. The Hall–Kier alpha value is -4.71. The van der Waals surface area contributed by atoms with Crippen LogP contribution in [0.1, 0.15) is 35.8 Å². The smallest absolute Gasteiger partial charge is 0.326 e. The summed E-state index contributed by atoms with van der Waals surface area (Å²) in [6.07, 6.45) is 1.27. The van der Waals surface area contributed by atoms with Crippen molar-refractivity contribution in [2.45, 2.75) is 32.4 Å². The van der Waals surface area contributed by atoms with E-state index >= 15 is 0 Å². The number of nitrogens with zero attached hydrogens (tertiary/aromatic N) is 3. The molecule has 0 saturated heterocycles. The highest BCUT2D eigenvalue weighted by Crippen LogP contribution is 2.12. The summed E-state index contributed by atoms with van der Waals surface area (Å²) < 4.78 is 21.3. The quantitative estimate of drug-likeness (QED) is 0.0794. The number of anilines is 2. The first-order valence-electron chi connectivity index (χ1n) is 14.7. The van der Waals surface area contributed by atoms with Gasteiger partial charge in [0, 0.05) is 30.8 Å². The molecule has 17 nitrogen and oxygen atoms in total. The van der Waals surface area contributed by atoms with Gasteiger partial charge in [0.05, 0.1) is 64.7 Å². The van der Waals surface area contributed by atoms with E-state index < -0.39 is 23.5 Å². The molecule has 1 atom stereocenters. The first-order valence-corrected chi connectivity index (χ1v) is 14.7. The number of nitrogens with two attached hydrogens (primary N) is 1. The van der Waals surface area contributed by atoms with Crippen molar-refractivity contribution < 1.29 is 38.4 Å². The van der Waals surface area contributed by atoms with Gasteiger partial charge in [-0.2, -0.15) is 4.98 Å². The van der Waals surface area contributed by atoms with Crippen LogP contribution in [-0.2, 0) is 35.1 Å². The molecule has 0 spiro atoms. The molecule has 17 heteroatoms. The Bertz CT molecular complexity index is 1470. The molecule has 0 fully saturated rings. The van der Waals surface area contributed by atoms with Gasteiger partial charge in [-0.1, -0.05) is 0 Å². The van der Waals surface area contributed by atoms with E-state index in [2.05, 4.69) is 35.9 Å². The second kappa shape index (κ2) is 19.6. The summed E-state index contributed by atoms with van der Waals surface area (Å²) >= 11 is 0. The van der Waals surface area contributed by atoms with Crippen LogP contribution in [0, 0.1) is 0 Å². The summed E-state index contributed by atoms with van der Waals surface area (Å²) in [6.45, 7) is 6.06. The lowest BCUT2D eigenvalue weighted by Crippen LogP contribution is -2.41. The Morgan fingerprint density at radius 3 is 2.26 bits per heavy atom. The summed E-state index contributed by atoms with van der Waals surface area (Å²) in [7, 11) is 0. The predicted molar refractivity (Wildman–Crippen MR) is 166 cm³/mol. The molecule has 1 unspecified atom stereocenters. The minimum Gasteiger partial charge on any atom is -0.480 e. The van der Waals surface area contributed by atoms with Gasteiger partial charge in [-0.15, -0.1) is 0 Å². The molecule has 3 aromatic rings. The number of amides is 2. The molecule has 0 aliphatic rings. The minimum atomic E-state index is -1.26. The second-order valence-corrected chi connectivity index (χ2v) is 9.70. The van der Waals surface area contributed by atoms with Crippen LogP contribution in [0.4, 0.5) is 11.6 Å². The number of hydrogen-bond acceptors (Lipinski definition) is 13. The second-order valence-electron chi connectivity index (χ2n) is 9.70. The molecule has 46 heavy (non-hydrogen) atoms. The molecule has 0 bridgehead atoms. The van der Waals surface area contributed by atoms with Gasteiger partial charge in [0.1, 0.15) is 6.04 Å². The number of aromatic amines is 1. The van der Waals surface area contributed by atoms with Crippen LogP contribution < -0.4 is 27.2 Å². The number of carboxylic acids is 1. The molecule has 2 amide bonds. The van der Waals surface area contributed by atoms with Crippen molar-refractivity contribution in [3.05, 3.63) is 52.1 Å². The number of fused-ring (bicyclic) bond motifs is 1. The van der Waals surface area contributed by atoms with Gasteiger partial charge in [0.25, 0.3) is 11.5 Å². The number of nitrogens with one attached hydrogen (secondary N) is 4. The number of rotatable bonds is 22. The average molecular weight is 645 g/mol. The third-order valence-corrected chi connectivity index (χ3v) is 6.26. The van der Waals surface area contributed by atoms with E-state index in [-0.39, 0.29) is 61.1 Å². The fourth-order valence-electron chi connectivity index (χ4n) is 3.92. The van der Waals surface area contributed by atoms with Crippen LogP contribution in [0.15, 0.2) is 35.3 Å². The van der Waals surface area contributed by atoms with Gasteiger partial charge < -0.3 is 45.7 Å². The van der Waals surface area contributed by atoms with E-state index in [0.29, 0.717) is 57.6 Å². The van der Waals surface area contributed by atoms with Gasteiger partial charge in [-0.05, 0) is 37.6 Å². The Labute approximate surface area is 264 Å². The third-order valence-electron chi connectivity index (χ3n) is 6.26. The molecule has 0 aliphatic carbocycles. The molecule has 7 N–H and O–H groups in total. The van der Waals surface area contributed by atoms with Crippen LogP contribution in [0.3, 0.4) is 0 Å². The van der Waals surface area contributed by atoms with Crippen molar-refractivity contribution in [1.29, 1.82) is 0 Å². The van der Waals surface area contributed by atoms with Crippen molar-refractivity contribution in [1.82, 2.24) is 30.6 Å². The summed E-state index contributed by atoms with van der Waals surface area (Å²) in [5.41, 5.74) is 6.57. The van der Waals surface area contributed by atoms with Crippen LogP contribution in [0.25, 0.3) is 11.2 Å². The number of carbonyl (C=O) groups excluding carboxylic acids is 2. The van der Waals surface area contributed by atoms with Crippen molar-refractivity contribution in [3.63, 3.8) is 0 Å².